The maximum Gasteiger partial charge on any atom is 0.256 e. The van der Waals surface area contributed by atoms with E-state index in [1.54, 1.807) is 0 Å². The van der Waals surface area contributed by atoms with E-state index < -0.39 is 0 Å². The number of fused-ring (bicyclic) bond motifs is 3. The highest BCUT2D eigenvalue weighted by atomic mass is 16.6. The van der Waals surface area contributed by atoms with E-state index in [0.717, 1.165) is 23.4 Å². The van der Waals surface area contributed by atoms with E-state index in [-0.39, 0.29) is 12.0 Å². The van der Waals surface area contributed by atoms with Crippen LogP contribution in [0.4, 0.5) is 5.69 Å². The fraction of sp³-hybridized carbons (Fsp3) is 0.160. The van der Waals surface area contributed by atoms with Crippen LogP contribution in [0.15, 0.2) is 72.8 Å². The molecule has 1 unspecified atom stereocenters. The van der Waals surface area contributed by atoms with E-state index in [1.807, 2.05) is 66.7 Å². The molecule has 1 atom stereocenters. The van der Waals surface area contributed by atoms with Crippen LogP contribution in [0.3, 0.4) is 0 Å². The van der Waals surface area contributed by atoms with Crippen LogP contribution in [0.2, 0.25) is 0 Å². The number of amides is 1. The van der Waals surface area contributed by atoms with Gasteiger partial charge in [0, 0.05) is 13.1 Å². The zero-order valence-corrected chi connectivity index (χ0v) is 16.4. The summed E-state index contributed by atoms with van der Waals surface area (Å²) in [6.07, 6.45) is 1.75. The second-order valence-electron chi connectivity index (χ2n) is 7.41. The smallest absolute Gasteiger partial charge is 0.256 e. The molecular weight excluding hydrogens is 376 g/mol. The van der Waals surface area contributed by atoms with E-state index >= 15 is 0 Å². The lowest BCUT2D eigenvalue weighted by Gasteiger charge is -2.28. The summed E-state index contributed by atoms with van der Waals surface area (Å²) in [6.45, 7) is 1.88. The quantitative estimate of drug-likeness (QED) is 0.635. The van der Waals surface area contributed by atoms with Gasteiger partial charge in [0.25, 0.3) is 5.91 Å². The molecule has 30 heavy (non-hydrogen) atoms. The second kappa shape index (κ2) is 8.05. The molecule has 150 valence electrons. The number of carbonyl (C=O) groups is 1. The Bertz CT molecular complexity index is 1090. The van der Waals surface area contributed by atoms with Crippen LogP contribution in [0, 0.1) is 0 Å². The summed E-state index contributed by atoms with van der Waals surface area (Å²) < 4.78 is 12.3. The maximum atomic E-state index is 12.6. The lowest BCUT2D eigenvalue weighted by molar-refractivity contribution is -0.110. The molecule has 0 saturated carbocycles. The minimum Gasteiger partial charge on any atom is -0.486 e. The van der Waals surface area contributed by atoms with Crippen molar-refractivity contribution in [3.63, 3.8) is 0 Å². The van der Waals surface area contributed by atoms with E-state index in [2.05, 4.69) is 22.8 Å². The highest BCUT2D eigenvalue weighted by Crippen LogP contribution is 2.46. The number of rotatable bonds is 5. The average molecular weight is 398 g/mol. The van der Waals surface area contributed by atoms with Gasteiger partial charge in [-0.25, -0.2) is 0 Å². The first-order chi connectivity index (χ1) is 14.8. The molecule has 0 bridgehead atoms. The van der Waals surface area contributed by atoms with Gasteiger partial charge in [0.1, 0.15) is 12.7 Å². The number of hydrogen-bond acceptors (Lipinski definition) is 4. The number of carbonyl (C=O) groups excluding carboxylic acids is 1. The summed E-state index contributed by atoms with van der Waals surface area (Å²) >= 11 is 0. The molecule has 0 fully saturated rings. The third-order valence-electron chi connectivity index (χ3n) is 5.25. The summed E-state index contributed by atoms with van der Waals surface area (Å²) in [5.74, 6) is 1.17. The monoisotopic (exact) mass is 398 g/mol. The standard InChI is InChI=1S/C25H22N2O3/c28-25-20(13-17-7-3-1-4-8-17)23-21(27-25)11-12-22-24(23)30-19(16-29-22)15-26-14-18-9-5-2-6-10-18/h1-13,19,26H,14-16H2,(H,27,28). The van der Waals surface area contributed by atoms with Crippen LogP contribution in [-0.2, 0) is 11.3 Å². The van der Waals surface area contributed by atoms with Crippen molar-refractivity contribution in [3.8, 4) is 11.5 Å². The second-order valence-corrected chi connectivity index (χ2v) is 7.41. The van der Waals surface area contributed by atoms with Gasteiger partial charge in [0.15, 0.2) is 11.5 Å². The Labute approximate surface area is 175 Å². The predicted octanol–water partition coefficient (Wildman–Crippen LogP) is 4.11. The number of nitrogens with one attached hydrogen (secondary N) is 2. The highest BCUT2D eigenvalue weighted by Gasteiger charge is 2.33. The third kappa shape index (κ3) is 3.67. The summed E-state index contributed by atoms with van der Waals surface area (Å²) in [4.78, 5) is 12.6. The Morgan fingerprint density at radius 3 is 2.57 bits per heavy atom. The first-order valence-electron chi connectivity index (χ1n) is 10.1. The molecule has 3 aromatic carbocycles. The molecule has 5 nitrogen and oxygen atoms in total. The molecule has 5 heteroatoms. The first kappa shape index (κ1) is 18.5. The third-order valence-corrected chi connectivity index (χ3v) is 5.25. The van der Waals surface area contributed by atoms with Crippen LogP contribution >= 0.6 is 0 Å². The lowest BCUT2D eigenvalue weighted by atomic mass is 10.0. The summed E-state index contributed by atoms with van der Waals surface area (Å²) in [7, 11) is 0. The van der Waals surface area contributed by atoms with Crippen molar-refractivity contribution in [1.29, 1.82) is 0 Å². The van der Waals surface area contributed by atoms with Gasteiger partial charge in [-0.2, -0.15) is 0 Å². The van der Waals surface area contributed by atoms with Crippen molar-refractivity contribution in [2.24, 2.45) is 0 Å². The first-order valence-corrected chi connectivity index (χ1v) is 10.1. The Hall–Kier alpha value is -3.57. The number of anilines is 1. The van der Waals surface area contributed by atoms with Crippen LogP contribution < -0.4 is 20.1 Å². The summed E-state index contributed by atoms with van der Waals surface area (Å²) in [6, 6.07) is 23.8. The van der Waals surface area contributed by atoms with Crippen molar-refractivity contribution in [3.05, 3.63) is 89.5 Å². The number of ether oxygens (including phenoxy) is 2. The number of benzene rings is 3. The van der Waals surface area contributed by atoms with Gasteiger partial charge in [-0.05, 0) is 29.3 Å². The van der Waals surface area contributed by atoms with Crippen molar-refractivity contribution in [1.82, 2.24) is 5.32 Å². The van der Waals surface area contributed by atoms with Crippen molar-refractivity contribution in [2.45, 2.75) is 12.6 Å². The van der Waals surface area contributed by atoms with Crippen molar-refractivity contribution in [2.75, 3.05) is 18.5 Å². The molecule has 2 aliphatic heterocycles. The van der Waals surface area contributed by atoms with Gasteiger partial charge >= 0.3 is 0 Å². The van der Waals surface area contributed by atoms with E-state index in [0.29, 0.717) is 30.2 Å². The van der Waals surface area contributed by atoms with Crippen LogP contribution in [0.25, 0.3) is 11.6 Å². The molecule has 0 saturated heterocycles. The Morgan fingerprint density at radius 2 is 1.77 bits per heavy atom. The maximum absolute atomic E-state index is 12.6. The van der Waals surface area contributed by atoms with E-state index in [9.17, 15) is 4.79 Å². The predicted molar refractivity (Wildman–Crippen MR) is 117 cm³/mol. The van der Waals surface area contributed by atoms with Gasteiger partial charge in [0.05, 0.1) is 16.8 Å². The van der Waals surface area contributed by atoms with Crippen LogP contribution in [-0.4, -0.2) is 25.2 Å². The van der Waals surface area contributed by atoms with Crippen LogP contribution in [0.5, 0.6) is 11.5 Å². The SMILES string of the molecule is O=C1Nc2ccc3c(c2C1=Cc1ccccc1)OC(CNCc1ccccc1)CO3. The molecule has 2 aliphatic rings. The van der Waals surface area contributed by atoms with Crippen molar-refractivity contribution >= 4 is 23.2 Å². The normalized spacial score (nSPS) is 18.2. The van der Waals surface area contributed by atoms with E-state index in [1.165, 1.54) is 5.56 Å². The Morgan fingerprint density at radius 1 is 1.00 bits per heavy atom. The van der Waals surface area contributed by atoms with Gasteiger partial charge in [-0.15, -0.1) is 0 Å². The van der Waals surface area contributed by atoms with Crippen LogP contribution in [0.1, 0.15) is 16.7 Å². The molecular formula is C25H22N2O3. The van der Waals surface area contributed by atoms with E-state index in [4.69, 9.17) is 9.47 Å². The summed E-state index contributed by atoms with van der Waals surface area (Å²) in [5.41, 5.74) is 4.30. The molecule has 0 spiro atoms. The molecule has 1 amide bonds. The highest BCUT2D eigenvalue weighted by molar-refractivity contribution is 6.35. The molecule has 0 aromatic heterocycles. The Kier molecular flexibility index (Phi) is 4.95. The van der Waals surface area contributed by atoms with Gasteiger partial charge in [-0.3, -0.25) is 4.79 Å². The van der Waals surface area contributed by atoms with Gasteiger partial charge in [-0.1, -0.05) is 60.7 Å². The molecule has 2 N–H and O–H groups in total. The zero-order chi connectivity index (χ0) is 20.3. The largest absolute Gasteiger partial charge is 0.486 e. The number of hydrogen-bond donors (Lipinski definition) is 2. The molecule has 0 aliphatic carbocycles. The lowest BCUT2D eigenvalue weighted by Crippen LogP contribution is -2.38. The van der Waals surface area contributed by atoms with Crippen molar-refractivity contribution < 1.29 is 14.3 Å². The fourth-order valence-corrected chi connectivity index (χ4v) is 3.78. The van der Waals surface area contributed by atoms with Gasteiger partial charge in [0.2, 0.25) is 0 Å². The molecule has 3 aromatic rings. The van der Waals surface area contributed by atoms with Gasteiger partial charge < -0.3 is 20.1 Å². The average Bonchev–Trinajstić information content (AvgIpc) is 3.10. The molecule has 5 rings (SSSR count). The Balaban J connectivity index is 1.38. The zero-order valence-electron chi connectivity index (χ0n) is 16.4. The molecule has 2 heterocycles. The summed E-state index contributed by atoms with van der Waals surface area (Å²) in [5, 5.41) is 6.37. The molecule has 0 radical (unpaired) electrons. The minimum absolute atomic E-state index is 0.129. The topological polar surface area (TPSA) is 59.6 Å². The minimum atomic E-state index is -0.138. The fourth-order valence-electron chi connectivity index (χ4n) is 3.78.